The second kappa shape index (κ2) is 11.4. The van der Waals surface area contributed by atoms with Crippen molar-refractivity contribution in [3.63, 3.8) is 0 Å². The zero-order valence-electron chi connectivity index (χ0n) is 28.5. The largest absolute Gasteiger partial charge is 0.382 e. The van der Waals surface area contributed by atoms with Crippen LogP contribution in [0.2, 0.25) is 0 Å². The Morgan fingerprint density at radius 2 is 0.744 bits per heavy atom. The number of aliphatic hydroxyl groups excluding tert-OH is 2. The van der Waals surface area contributed by atoms with Gasteiger partial charge in [0.25, 0.3) is 0 Å². The summed E-state index contributed by atoms with van der Waals surface area (Å²) in [5, 5.41) is 22.9. The van der Waals surface area contributed by atoms with E-state index in [0.29, 0.717) is 6.42 Å². The summed E-state index contributed by atoms with van der Waals surface area (Å²) >= 11 is 0. The molecule has 2 atom stereocenters. The van der Waals surface area contributed by atoms with E-state index >= 15 is 0 Å². The van der Waals surface area contributed by atoms with Gasteiger partial charge in [-0.1, -0.05) is 119 Å². The Morgan fingerprint density at radius 1 is 0.465 bits per heavy atom. The first-order valence-corrected chi connectivity index (χ1v) is 15.7. The van der Waals surface area contributed by atoms with Gasteiger partial charge in [-0.15, -0.1) is 0 Å². The Kier molecular flexibility index (Phi) is 8.74. The van der Waals surface area contributed by atoms with Crippen molar-refractivity contribution in [2.45, 2.75) is 123 Å². The molecule has 2 aromatic heterocycles. The lowest BCUT2D eigenvalue weighted by molar-refractivity contribution is 0.215. The molecule has 4 nitrogen and oxygen atoms in total. The molecule has 4 rings (SSSR count). The van der Waals surface area contributed by atoms with Crippen molar-refractivity contribution in [1.29, 1.82) is 0 Å². The highest BCUT2D eigenvalue weighted by Crippen LogP contribution is 2.35. The molecule has 0 aliphatic rings. The van der Waals surface area contributed by atoms with E-state index in [9.17, 15) is 10.2 Å². The third kappa shape index (κ3) is 7.72. The van der Waals surface area contributed by atoms with Crippen molar-refractivity contribution >= 4 is 0 Å². The summed E-state index contributed by atoms with van der Waals surface area (Å²) in [5.41, 5.74) is 10.2. The normalized spacial score (nSPS) is 14.7. The van der Waals surface area contributed by atoms with Gasteiger partial charge in [-0.25, -0.2) is 0 Å². The van der Waals surface area contributed by atoms with E-state index in [4.69, 9.17) is 0 Å². The fourth-order valence-corrected chi connectivity index (χ4v) is 5.36. The number of hydrogen-bond donors (Lipinski definition) is 4. The number of aromatic nitrogens is 2. The highest BCUT2D eigenvalue weighted by molar-refractivity contribution is 5.42. The fraction of sp³-hybridized carbons (Fsp3) is 0.487. The summed E-state index contributed by atoms with van der Waals surface area (Å²) in [6.07, 6.45) is -0.847. The molecule has 4 N–H and O–H groups in total. The first kappa shape index (κ1) is 32.8. The summed E-state index contributed by atoms with van der Waals surface area (Å²) in [5.74, 6) is 0. The molecular formula is C39H54N2O2. The maximum absolute atomic E-state index is 11.4. The van der Waals surface area contributed by atoms with Crippen LogP contribution in [0, 0.1) is 0 Å². The van der Waals surface area contributed by atoms with E-state index in [0.717, 1.165) is 33.9 Å². The molecule has 0 saturated carbocycles. The number of H-pyrrole nitrogens is 2. The van der Waals surface area contributed by atoms with Gasteiger partial charge in [0.1, 0.15) is 12.2 Å². The highest BCUT2D eigenvalue weighted by Gasteiger charge is 2.25. The van der Waals surface area contributed by atoms with Crippen molar-refractivity contribution in [2.75, 3.05) is 0 Å². The van der Waals surface area contributed by atoms with E-state index < -0.39 is 12.2 Å². The lowest BCUT2D eigenvalue weighted by atomic mass is 9.79. The van der Waals surface area contributed by atoms with Gasteiger partial charge in [0.15, 0.2) is 0 Å². The monoisotopic (exact) mass is 582 g/mol. The summed E-state index contributed by atoms with van der Waals surface area (Å²) in [7, 11) is 0. The molecule has 4 heteroatoms. The minimum atomic E-state index is -0.745. The molecule has 0 amide bonds. The van der Waals surface area contributed by atoms with Crippen LogP contribution in [-0.4, -0.2) is 20.2 Å². The van der Waals surface area contributed by atoms with Crippen molar-refractivity contribution in [2.24, 2.45) is 0 Å². The summed E-state index contributed by atoms with van der Waals surface area (Å²) in [6, 6.07) is 21.1. The van der Waals surface area contributed by atoms with E-state index in [1.807, 2.05) is 24.3 Å². The Hall–Kier alpha value is -3.08. The molecule has 0 aliphatic heterocycles. The number of benzene rings is 2. The molecule has 232 valence electrons. The van der Waals surface area contributed by atoms with Crippen LogP contribution < -0.4 is 0 Å². The van der Waals surface area contributed by atoms with Crippen molar-refractivity contribution < 1.29 is 10.2 Å². The lowest BCUT2D eigenvalue weighted by Gasteiger charge is -2.27. The minimum Gasteiger partial charge on any atom is -0.382 e. The van der Waals surface area contributed by atoms with Gasteiger partial charge in [-0.3, -0.25) is 0 Å². The lowest BCUT2D eigenvalue weighted by Crippen LogP contribution is -2.18. The van der Waals surface area contributed by atoms with Crippen molar-refractivity contribution in [1.82, 2.24) is 9.97 Å². The summed E-state index contributed by atoms with van der Waals surface area (Å²) < 4.78 is 0. The number of aromatic amines is 2. The van der Waals surface area contributed by atoms with Gasteiger partial charge in [0.2, 0.25) is 0 Å². The zero-order valence-corrected chi connectivity index (χ0v) is 28.5. The predicted octanol–water partition coefficient (Wildman–Crippen LogP) is 9.29. The quantitative estimate of drug-likeness (QED) is 0.183. The minimum absolute atomic E-state index is 0.0190. The van der Waals surface area contributed by atoms with Gasteiger partial charge in [-0.2, -0.15) is 0 Å². The van der Waals surface area contributed by atoms with Gasteiger partial charge in [0.05, 0.1) is 0 Å². The third-order valence-corrected chi connectivity index (χ3v) is 8.51. The highest BCUT2D eigenvalue weighted by atomic mass is 16.3. The molecule has 2 unspecified atom stereocenters. The van der Waals surface area contributed by atoms with Gasteiger partial charge < -0.3 is 20.2 Å². The Balaban J connectivity index is 1.57. The molecule has 0 fully saturated rings. The fourth-order valence-electron chi connectivity index (χ4n) is 5.36. The maximum atomic E-state index is 11.4. The van der Waals surface area contributed by atoms with Crippen LogP contribution in [0.1, 0.15) is 151 Å². The van der Waals surface area contributed by atoms with Crippen molar-refractivity contribution in [3.8, 4) is 0 Å². The third-order valence-electron chi connectivity index (χ3n) is 8.51. The topological polar surface area (TPSA) is 72.0 Å². The second-order valence-corrected chi connectivity index (χ2v) is 16.5. The standard InChI is InChI=1S/C39H54N2O2/c1-36(2,3)26-17-24(18-27(21-26)37(4,5)6)34(42)32-15-13-30(40-32)23-31-14-16-33(41-31)35(43)25-19-28(38(7,8)9)22-29(20-25)39(10,11)12/h13-22,34-35,40-43H,23H2,1-12H3. The second-order valence-electron chi connectivity index (χ2n) is 16.5. The van der Waals surface area contributed by atoms with Crippen LogP contribution in [-0.2, 0) is 28.1 Å². The molecule has 2 aromatic carbocycles. The SMILES string of the molecule is CC(C)(C)c1cc(C(O)c2ccc(Cc3ccc(C(O)c4cc(C(C)(C)C)cc(C(C)(C)C)c4)[nH]3)[nH]2)cc(C(C)(C)C)c1. The first-order valence-electron chi connectivity index (χ1n) is 15.7. The number of hydrogen-bond acceptors (Lipinski definition) is 2. The Morgan fingerprint density at radius 3 is 1.00 bits per heavy atom. The molecule has 2 heterocycles. The van der Waals surface area contributed by atoms with E-state index in [1.54, 1.807) is 0 Å². The van der Waals surface area contributed by atoms with E-state index in [2.05, 4.69) is 129 Å². The summed E-state index contributed by atoms with van der Waals surface area (Å²) in [6.45, 7) is 26.5. The Bertz CT molecular complexity index is 1380. The van der Waals surface area contributed by atoms with Crippen LogP contribution >= 0.6 is 0 Å². The molecule has 0 saturated heterocycles. The molecule has 0 aliphatic carbocycles. The van der Waals surface area contributed by atoms with E-state index in [-0.39, 0.29) is 21.7 Å². The molecule has 4 aromatic rings. The van der Waals surface area contributed by atoms with Crippen LogP contribution in [0.4, 0.5) is 0 Å². The Labute approximate surface area is 260 Å². The van der Waals surface area contributed by atoms with Gasteiger partial charge in [0, 0.05) is 29.2 Å². The van der Waals surface area contributed by atoms with Crippen LogP contribution in [0.5, 0.6) is 0 Å². The van der Waals surface area contributed by atoms with E-state index in [1.165, 1.54) is 22.3 Å². The number of rotatable bonds is 6. The molecular weight excluding hydrogens is 528 g/mol. The molecule has 43 heavy (non-hydrogen) atoms. The van der Waals surface area contributed by atoms with Crippen LogP contribution in [0.3, 0.4) is 0 Å². The number of aliphatic hydroxyl groups is 2. The molecule has 0 bridgehead atoms. The molecule has 0 radical (unpaired) electrons. The van der Waals surface area contributed by atoms with Crippen LogP contribution in [0.15, 0.2) is 60.7 Å². The maximum Gasteiger partial charge on any atom is 0.119 e. The summed E-state index contributed by atoms with van der Waals surface area (Å²) in [4.78, 5) is 6.92. The number of nitrogens with one attached hydrogen (secondary N) is 2. The molecule has 0 spiro atoms. The zero-order chi connectivity index (χ0) is 32.1. The predicted molar refractivity (Wildman–Crippen MR) is 180 cm³/mol. The van der Waals surface area contributed by atoms with Gasteiger partial charge >= 0.3 is 0 Å². The first-order chi connectivity index (χ1) is 19.6. The smallest absolute Gasteiger partial charge is 0.119 e. The van der Waals surface area contributed by atoms with Crippen LogP contribution in [0.25, 0.3) is 0 Å². The van der Waals surface area contributed by atoms with Gasteiger partial charge in [-0.05, 0) is 79.3 Å². The van der Waals surface area contributed by atoms with Crippen molar-refractivity contribution in [3.05, 3.63) is 117 Å². The average Bonchev–Trinajstić information content (AvgIpc) is 3.55. The average molecular weight is 583 g/mol.